The molecular formula is C25H25N3O3. The predicted octanol–water partition coefficient (Wildman–Crippen LogP) is 4.43. The number of carbonyl (C=O) groups excluding carboxylic acids is 2. The van der Waals surface area contributed by atoms with E-state index in [-0.39, 0.29) is 30.3 Å². The third-order valence-corrected chi connectivity index (χ3v) is 6.28. The van der Waals surface area contributed by atoms with Crippen molar-refractivity contribution in [2.24, 2.45) is 0 Å². The maximum atomic E-state index is 13.5. The van der Waals surface area contributed by atoms with E-state index < -0.39 is 0 Å². The lowest BCUT2D eigenvalue weighted by Crippen LogP contribution is -2.33. The van der Waals surface area contributed by atoms with E-state index in [0.29, 0.717) is 5.57 Å². The summed E-state index contributed by atoms with van der Waals surface area (Å²) in [5.41, 5.74) is 5.41. The second kappa shape index (κ2) is 7.01. The fraction of sp³-hybridized carbons (Fsp3) is 0.280. The second-order valence-electron chi connectivity index (χ2n) is 8.39. The zero-order chi connectivity index (χ0) is 21.9. The Balaban J connectivity index is 1.85. The van der Waals surface area contributed by atoms with Gasteiger partial charge in [-0.05, 0) is 37.6 Å². The number of ether oxygens (including phenoxy) is 1. The van der Waals surface area contributed by atoms with Crippen LogP contribution in [0.25, 0.3) is 10.9 Å². The number of carbonyl (C=O) groups is 2. The number of imide groups is 1. The molecule has 1 N–H and O–H groups in total. The Bertz CT molecular complexity index is 1270. The molecule has 0 bridgehead atoms. The molecule has 2 aliphatic rings. The van der Waals surface area contributed by atoms with Gasteiger partial charge in [-0.3, -0.25) is 14.5 Å². The van der Waals surface area contributed by atoms with Crippen LogP contribution in [-0.2, 0) is 9.59 Å². The standard InChI is InChI=1S/C25H25N3O3/c1-14(2)27-12-17-22(16-8-5-6-11-21(16)31-4)24-19(13-28(15(3)29)25(24)30)26-18-9-7-10-20(27)23(17)18/h5-12,14,22,26H,13H2,1-4H3/t22-/m0/s1. The molecule has 0 saturated heterocycles. The van der Waals surface area contributed by atoms with E-state index in [2.05, 4.69) is 36.0 Å². The third kappa shape index (κ3) is 2.78. The highest BCUT2D eigenvalue weighted by molar-refractivity contribution is 6.11. The van der Waals surface area contributed by atoms with E-state index in [1.807, 2.05) is 36.4 Å². The van der Waals surface area contributed by atoms with E-state index in [0.717, 1.165) is 39.2 Å². The average molecular weight is 415 g/mol. The molecule has 2 aromatic carbocycles. The van der Waals surface area contributed by atoms with Crippen LogP contribution in [0, 0.1) is 0 Å². The maximum Gasteiger partial charge on any atom is 0.259 e. The average Bonchev–Trinajstić information content (AvgIpc) is 3.24. The van der Waals surface area contributed by atoms with Crippen molar-refractivity contribution in [3.63, 3.8) is 0 Å². The van der Waals surface area contributed by atoms with Crippen molar-refractivity contribution in [2.45, 2.75) is 32.7 Å². The highest BCUT2D eigenvalue weighted by Crippen LogP contribution is 2.48. The minimum absolute atomic E-state index is 0.246. The number of rotatable bonds is 3. The minimum atomic E-state index is -0.346. The van der Waals surface area contributed by atoms with Gasteiger partial charge in [0, 0.05) is 47.4 Å². The molecule has 1 aromatic heterocycles. The van der Waals surface area contributed by atoms with Crippen molar-refractivity contribution in [1.82, 2.24) is 9.47 Å². The summed E-state index contributed by atoms with van der Waals surface area (Å²) in [7, 11) is 1.64. The molecule has 6 heteroatoms. The van der Waals surface area contributed by atoms with Crippen LogP contribution in [-0.4, -0.2) is 34.9 Å². The van der Waals surface area contributed by atoms with Crippen LogP contribution >= 0.6 is 0 Å². The van der Waals surface area contributed by atoms with Crippen LogP contribution in [0.1, 0.15) is 43.9 Å². The summed E-state index contributed by atoms with van der Waals surface area (Å²) in [5, 5.41) is 4.60. The molecular weight excluding hydrogens is 390 g/mol. The van der Waals surface area contributed by atoms with Crippen LogP contribution in [0.4, 0.5) is 5.69 Å². The number of methoxy groups -OCH3 is 1. The molecule has 1 atom stereocenters. The van der Waals surface area contributed by atoms with Gasteiger partial charge in [0.25, 0.3) is 5.91 Å². The fourth-order valence-corrected chi connectivity index (χ4v) is 4.89. The van der Waals surface area contributed by atoms with Crippen molar-refractivity contribution >= 4 is 28.4 Å². The van der Waals surface area contributed by atoms with E-state index in [4.69, 9.17) is 4.74 Å². The van der Waals surface area contributed by atoms with Gasteiger partial charge in [-0.25, -0.2) is 0 Å². The lowest BCUT2D eigenvalue weighted by atomic mass is 9.84. The molecule has 2 amide bonds. The first-order valence-corrected chi connectivity index (χ1v) is 10.5. The Morgan fingerprint density at radius 2 is 1.90 bits per heavy atom. The number of para-hydroxylation sites is 1. The molecule has 0 saturated carbocycles. The number of aromatic nitrogens is 1. The molecule has 0 radical (unpaired) electrons. The summed E-state index contributed by atoms with van der Waals surface area (Å²) in [5.74, 6) is -0.124. The molecule has 0 spiro atoms. The molecule has 158 valence electrons. The zero-order valence-electron chi connectivity index (χ0n) is 18.1. The number of hydrogen-bond donors (Lipinski definition) is 1. The molecule has 2 aliphatic heterocycles. The lowest BCUT2D eigenvalue weighted by Gasteiger charge is -2.21. The van der Waals surface area contributed by atoms with Crippen molar-refractivity contribution in [2.75, 3.05) is 19.0 Å². The van der Waals surface area contributed by atoms with Crippen LogP contribution < -0.4 is 10.1 Å². The van der Waals surface area contributed by atoms with Gasteiger partial charge in [0.2, 0.25) is 5.91 Å². The number of nitrogens with zero attached hydrogens (tertiary/aromatic N) is 2. The molecule has 6 nitrogen and oxygen atoms in total. The first-order valence-electron chi connectivity index (χ1n) is 10.5. The van der Waals surface area contributed by atoms with Gasteiger partial charge >= 0.3 is 0 Å². The molecule has 0 unspecified atom stereocenters. The number of amides is 2. The van der Waals surface area contributed by atoms with Gasteiger partial charge in [-0.15, -0.1) is 0 Å². The van der Waals surface area contributed by atoms with Gasteiger partial charge in [0.15, 0.2) is 0 Å². The number of nitrogens with one attached hydrogen (secondary N) is 1. The summed E-state index contributed by atoms with van der Waals surface area (Å²) in [6.07, 6.45) is 2.15. The number of hydrogen-bond acceptors (Lipinski definition) is 4. The third-order valence-electron chi connectivity index (χ3n) is 6.28. The van der Waals surface area contributed by atoms with Crippen molar-refractivity contribution < 1.29 is 14.3 Å². The summed E-state index contributed by atoms with van der Waals surface area (Å²) in [4.78, 5) is 27.0. The molecule has 3 aromatic rings. The Hall–Kier alpha value is -3.54. The highest BCUT2D eigenvalue weighted by Gasteiger charge is 2.42. The first kappa shape index (κ1) is 19.4. The van der Waals surface area contributed by atoms with Gasteiger partial charge in [-0.2, -0.15) is 0 Å². The Morgan fingerprint density at radius 1 is 1.13 bits per heavy atom. The normalized spacial score (nSPS) is 17.8. The van der Waals surface area contributed by atoms with Gasteiger partial charge in [0.05, 0.1) is 24.7 Å². The van der Waals surface area contributed by atoms with E-state index >= 15 is 0 Å². The largest absolute Gasteiger partial charge is 0.496 e. The quantitative estimate of drug-likeness (QED) is 0.687. The number of benzene rings is 2. The topological polar surface area (TPSA) is 63.6 Å². The smallest absolute Gasteiger partial charge is 0.259 e. The maximum absolute atomic E-state index is 13.5. The second-order valence-corrected chi connectivity index (χ2v) is 8.39. The van der Waals surface area contributed by atoms with E-state index in [1.54, 1.807) is 7.11 Å². The van der Waals surface area contributed by atoms with Crippen LogP contribution in [0.15, 0.2) is 59.9 Å². The van der Waals surface area contributed by atoms with Gasteiger partial charge in [-0.1, -0.05) is 24.3 Å². The zero-order valence-corrected chi connectivity index (χ0v) is 18.1. The molecule has 31 heavy (non-hydrogen) atoms. The van der Waals surface area contributed by atoms with E-state index in [1.165, 1.54) is 11.8 Å². The lowest BCUT2D eigenvalue weighted by molar-refractivity contribution is -0.139. The highest BCUT2D eigenvalue weighted by atomic mass is 16.5. The molecule has 5 rings (SSSR count). The van der Waals surface area contributed by atoms with Crippen molar-refractivity contribution in [3.05, 3.63) is 71.1 Å². The van der Waals surface area contributed by atoms with Gasteiger partial charge in [0.1, 0.15) is 5.75 Å². The number of anilines is 1. The molecule has 0 fully saturated rings. The first-order chi connectivity index (χ1) is 14.9. The summed E-state index contributed by atoms with van der Waals surface area (Å²) >= 11 is 0. The predicted molar refractivity (Wildman–Crippen MR) is 120 cm³/mol. The monoisotopic (exact) mass is 415 g/mol. The van der Waals surface area contributed by atoms with Crippen molar-refractivity contribution in [3.8, 4) is 5.75 Å². The van der Waals surface area contributed by atoms with Gasteiger partial charge < -0.3 is 14.6 Å². The molecule has 0 aliphatic carbocycles. The molecule has 3 heterocycles. The summed E-state index contributed by atoms with van der Waals surface area (Å²) in [6, 6.07) is 14.2. The Labute approximate surface area is 181 Å². The minimum Gasteiger partial charge on any atom is -0.496 e. The van der Waals surface area contributed by atoms with Crippen molar-refractivity contribution in [1.29, 1.82) is 0 Å². The Kier molecular flexibility index (Phi) is 4.39. The van der Waals surface area contributed by atoms with Crippen LogP contribution in [0.3, 0.4) is 0 Å². The fourth-order valence-electron chi connectivity index (χ4n) is 4.89. The SMILES string of the molecule is COc1ccccc1[C@@H]1C2=C(CN(C(C)=O)C2=O)Nc2cccc3c2c1cn3C(C)C. The van der Waals surface area contributed by atoms with E-state index in [9.17, 15) is 9.59 Å². The summed E-state index contributed by atoms with van der Waals surface area (Å²) < 4.78 is 7.94. The van der Waals surface area contributed by atoms with Crippen LogP contribution in [0.2, 0.25) is 0 Å². The Morgan fingerprint density at radius 3 is 2.61 bits per heavy atom. The van der Waals surface area contributed by atoms with Crippen LogP contribution in [0.5, 0.6) is 5.75 Å². The summed E-state index contributed by atoms with van der Waals surface area (Å²) in [6.45, 7) is 5.98.